The molecule has 3 N–H and O–H groups in total. The summed E-state index contributed by atoms with van der Waals surface area (Å²) in [5, 5.41) is 11.5. The number of ether oxygens (including phenoxy) is 1. The molecule has 1 aliphatic heterocycles. The summed E-state index contributed by atoms with van der Waals surface area (Å²) in [6, 6.07) is 7.26. The molecule has 1 unspecified atom stereocenters. The van der Waals surface area contributed by atoms with Gasteiger partial charge in [-0.3, -0.25) is 9.78 Å². The van der Waals surface area contributed by atoms with Crippen LogP contribution in [-0.2, 0) is 4.79 Å². The molecule has 0 saturated carbocycles. The van der Waals surface area contributed by atoms with E-state index in [0.29, 0.717) is 18.7 Å². The molecule has 1 aromatic carbocycles. The van der Waals surface area contributed by atoms with Gasteiger partial charge in [0.05, 0.1) is 25.3 Å². The molecule has 2 heterocycles. The van der Waals surface area contributed by atoms with E-state index in [0.717, 1.165) is 22.9 Å². The van der Waals surface area contributed by atoms with Crippen LogP contribution in [0.5, 0.6) is 5.75 Å². The van der Waals surface area contributed by atoms with Crippen molar-refractivity contribution in [1.29, 1.82) is 0 Å². The lowest BCUT2D eigenvalue weighted by Crippen LogP contribution is -2.45. The zero-order valence-electron chi connectivity index (χ0n) is 13.1. The average Bonchev–Trinajstić information content (AvgIpc) is 2.56. The van der Waals surface area contributed by atoms with Gasteiger partial charge < -0.3 is 20.5 Å². The number of amides is 1. The van der Waals surface area contributed by atoms with Crippen LogP contribution in [0, 0.1) is 0 Å². The number of rotatable bonds is 4. The largest absolute Gasteiger partial charge is 0.497 e. The maximum absolute atomic E-state index is 12.0. The first kappa shape index (κ1) is 15.7. The molecule has 23 heavy (non-hydrogen) atoms. The number of aliphatic hydroxyl groups excluding tert-OH is 1. The highest BCUT2D eigenvalue weighted by atomic mass is 16.5. The quantitative estimate of drug-likeness (QED) is 0.886. The number of fused-ring (bicyclic) bond motifs is 1. The normalized spacial score (nSPS) is 19.9. The minimum atomic E-state index is -0.772. The molecule has 3 rings (SSSR count). The molecule has 6 nitrogen and oxygen atoms in total. The summed E-state index contributed by atoms with van der Waals surface area (Å²) in [5.74, 6) is 0.706. The van der Waals surface area contributed by atoms with E-state index in [1.54, 1.807) is 24.3 Å². The van der Waals surface area contributed by atoms with Gasteiger partial charge in [-0.05, 0) is 36.2 Å². The zero-order chi connectivity index (χ0) is 16.4. The van der Waals surface area contributed by atoms with E-state index in [4.69, 9.17) is 10.5 Å². The molecular weight excluding hydrogens is 294 g/mol. The van der Waals surface area contributed by atoms with Crippen LogP contribution in [0.1, 0.15) is 24.5 Å². The smallest absolute Gasteiger partial charge is 0.224 e. The lowest BCUT2D eigenvalue weighted by atomic mass is 10.0. The highest BCUT2D eigenvalue weighted by molar-refractivity contribution is 5.84. The minimum absolute atomic E-state index is 0.00116. The summed E-state index contributed by atoms with van der Waals surface area (Å²) >= 11 is 0. The number of piperidine rings is 1. The Morgan fingerprint density at radius 3 is 3.04 bits per heavy atom. The topological polar surface area (TPSA) is 88.7 Å². The fourth-order valence-electron chi connectivity index (χ4n) is 2.97. The third-order valence-corrected chi connectivity index (χ3v) is 4.29. The van der Waals surface area contributed by atoms with Crippen LogP contribution in [0.4, 0.5) is 0 Å². The lowest BCUT2D eigenvalue weighted by Gasteiger charge is -2.31. The van der Waals surface area contributed by atoms with E-state index in [2.05, 4.69) is 4.98 Å². The molecule has 2 atom stereocenters. The minimum Gasteiger partial charge on any atom is -0.497 e. The Bertz CT molecular complexity index is 719. The fraction of sp³-hybridized carbons (Fsp3) is 0.412. The number of carbonyl (C=O) groups is 1. The van der Waals surface area contributed by atoms with Gasteiger partial charge in [0, 0.05) is 30.6 Å². The van der Waals surface area contributed by atoms with Crippen molar-refractivity contribution in [3.63, 3.8) is 0 Å². The predicted octanol–water partition coefficient (Wildman–Crippen LogP) is 1.23. The van der Waals surface area contributed by atoms with Crippen LogP contribution in [0.15, 0.2) is 30.5 Å². The Balaban J connectivity index is 1.85. The average molecular weight is 315 g/mol. The summed E-state index contributed by atoms with van der Waals surface area (Å²) in [6.45, 7) is 0.852. The monoisotopic (exact) mass is 315 g/mol. The number of likely N-dealkylation sites (tertiary alicyclic amines) is 1. The van der Waals surface area contributed by atoms with Gasteiger partial charge >= 0.3 is 0 Å². The van der Waals surface area contributed by atoms with Gasteiger partial charge in [0.25, 0.3) is 0 Å². The summed E-state index contributed by atoms with van der Waals surface area (Å²) in [5.41, 5.74) is 7.34. The van der Waals surface area contributed by atoms with E-state index in [1.165, 1.54) is 0 Å². The van der Waals surface area contributed by atoms with Crippen LogP contribution < -0.4 is 10.5 Å². The highest BCUT2D eigenvalue weighted by Gasteiger charge is 2.26. The second kappa shape index (κ2) is 6.52. The number of β-amino-alcohol motifs (C(OH)–C–C–N with tert-alkyl or cyclic N) is 1. The van der Waals surface area contributed by atoms with E-state index in [1.807, 2.05) is 18.2 Å². The van der Waals surface area contributed by atoms with Crippen molar-refractivity contribution < 1.29 is 14.6 Å². The second-order valence-electron chi connectivity index (χ2n) is 5.89. The van der Waals surface area contributed by atoms with Crippen molar-refractivity contribution >= 4 is 16.8 Å². The Morgan fingerprint density at radius 2 is 2.30 bits per heavy atom. The summed E-state index contributed by atoms with van der Waals surface area (Å²) in [7, 11) is 1.60. The summed E-state index contributed by atoms with van der Waals surface area (Å²) in [4.78, 5) is 18.0. The molecule has 1 aliphatic rings. The highest BCUT2D eigenvalue weighted by Crippen LogP contribution is 2.27. The van der Waals surface area contributed by atoms with Gasteiger partial charge in [0.2, 0.25) is 5.91 Å². The fourth-order valence-corrected chi connectivity index (χ4v) is 2.97. The first-order chi connectivity index (χ1) is 11.1. The van der Waals surface area contributed by atoms with Gasteiger partial charge in [-0.2, -0.15) is 0 Å². The Hall–Kier alpha value is -2.18. The van der Waals surface area contributed by atoms with Crippen molar-refractivity contribution in [2.75, 3.05) is 20.2 Å². The number of methoxy groups -OCH3 is 1. The third kappa shape index (κ3) is 3.28. The molecule has 1 aromatic heterocycles. The molecule has 2 aromatic rings. The number of hydrogen-bond acceptors (Lipinski definition) is 5. The predicted molar refractivity (Wildman–Crippen MR) is 87.0 cm³/mol. The van der Waals surface area contributed by atoms with Gasteiger partial charge in [0.15, 0.2) is 0 Å². The van der Waals surface area contributed by atoms with E-state index < -0.39 is 6.10 Å². The van der Waals surface area contributed by atoms with Crippen LogP contribution in [0.3, 0.4) is 0 Å². The molecule has 1 amide bonds. The number of benzene rings is 1. The second-order valence-corrected chi connectivity index (χ2v) is 5.89. The number of aliphatic hydroxyl groups is 1. The SMILES string of the molecule is COc1ccc2nccc([C@H](O)CN3CCC(N)CC3=O)c2c1. The van der Waals surface area contributed by atoms with Crippen molar-refractivity contribution in [3.05, 3.63) is 36.0 Å². The van der Waals surface area contributed by atoms with Crippen molar-refractivity contribution in [2.24, 2.45) is 5.73 Å². The number of carbonyl (C=O) groups excluding carboxylic acids is 1. The number of hydrogen-bond donors (Lipinski definition) is 2. The summed E-state index contributed by atoms with van der Waals surface area (Å²) in [6.07, 6.45) is 2.01. The van der Waals surface area contributed by atoms with Gasteiger partial charge in [0.1, 0.15) is 5.75 Å². The number of pyridine rings is 1. The van der Waals surface area contributed by atoms with Gasteiger partial charge in [-0.1, -0.05) is 0 Å². The van der Waals surface area contributed by atoms with Gasteiger partial charge in [-0.15, -0.1) is 0 Å². The van der Waals surface area contributed by atoms with E-state index in [-0.39, 0.29) is 18.5 Å². The molecule has 1 saturated heterocycles. The van der Waals surface area contributed by atoms with Crippen molar-refractivity contribution in [1.82, 2.24) is 9.88 Å². The first-order valence-corrected chi connectivity index (χ1v) is 7.72. The molecule has 1 fully saturated rings. The molecule has 122 valence electrons. The van der Waals surface area contributed by atoms with Crippen LogP contribution in [0.25, 0.3) is 10.9 Å². The zero-order valence-corrected chi connectivity index (χ0v) is 13.1. The molecule has 0 radical (unpaired) electrons. The van der Waals surface area contributed by atoms with Crippen LogP contribution >= 0.6 is 0 Å². The molecule has 6 heteroatoms. The van der Waals surface area contributed by atoms with Crippen molar-refractivity contribution in [2.45, 2.75) is 25.0 Å². The molecular formula is C17H21N3O3. The van der Waals surface area contributed by atoms with E-state index >= 15 is 0 Å². The van der Waals surface area contributed by atoms with Crippen LogP contribution in [0.2, 0.25) is 0 Å². The Labute approximate surface area is 134 Å². The summed E-state index contributed by atoms with van der Waals surface area (Å²) < 4.78 is 5.25. The number of aromatic nitrogens is 1. The van der Waals surface area contributed by atoms with Crippen LogP contribution in [-0.4, -0.2) is 47.1 Å². The Morgan fingerprint density at radius 1 is 1.48 bits per heavy atom. The molecule has 0 aliphatic carbocycles. The maximum Gasteiger partial charge on any atom is 0.224 e. The van der Waals surface area contributed by atoms with Crippen molar-refractivity contribution in [3.8, 4) is 5.75 Å². The standard InChI is InChI=1S/C17H21N3O3/c1-23-12-2-3-15-14(9-12)13(4-6-19-15)16(21)10-20-7-5-11(18)8-17(20)22/h2-4,6,9,11,16,21H,5,7-8,10,18H2,1H3/t11?,16-/m1/s1. The molecule has 0 bridgehead atoms. The number of nitrogens with two attached hydrogens (primary N) is 1. The first-order valence-electron chi connectivity index (χ1n) is 7.72. The van der Waals surface area contributed by atoms with Gasteiger partial charge in [-0.25, -0.2) is 0 Å². The Kier molecular flexibility index (Phi) is 4.45. The number of nitrogens with zero attached hydrogens (tertiary/aromatic N) is 2. The maximum atomic E-state index is 12.0. The third-order valence-electron chi connectivity index (χ3n) is 4.29. The molecule has 0 spiro atoms. The lowest BCUT2D eigenvalue weighted by molar-refractivity contribution is -0.135. The van der Waals surface area contributed by atoms with E-state index in [9.17, 15) is 9.90 Å².